The van der Waals surface area contributed by atoms with Crippen LogP contribution in [0, 0.1) is 5.82 Å². The van der Waals surface area contributed by atoms with Gasteiger partial charge in [-0.3, -0.25) is 4.79 Å². The Hall–Kier alpha value is -2.04. The van der Waals surface area contributed by atoms with Crippen molar-refractivity contribution in [2.45, 2.75) is 27.2 Å². The molecule has 0 saturated heterocycles. The second-order valence-corrected chi connectivity index (χ2v) is 4.13. The van der Waals surface area contributed by atoms with Crippen molar-refractivity contribution in [3.05, 3.63) is 29.6 Å². The van der Waals surface area contributed by atoms with E-state index < -0.39 is 11.8 Å². The van der Waals surface area contributed by atoms with Crippen molar-refractivity contribution < 1.29 is 23.8 Å². The lowest BCUT2D eigenvalue weighted by atomic mass is 10.0. The summed E-state index contributed by atoms with van der Waals surface area (Å²) in [5.41, 5.74) is 0.868. The van der Waals surface area contributed by atoms with E-state index in [-0.39, 0.29) is 6.42 Å². The van der Waals surface area contributed by atoms with Crippen molar-refractivity contribution in [3.8, 4) is 11.5 Å². The van der Waals surface area contributed by atoms with Crippen LogP contribution in [0.5, 0.6) is 11.5 Å². The summed E-state index contributed by atoms with van der Waals surface area (Å²) in [5, 5.41) is 8.65. The first-order chi connectivity index (χ1) is 9.49. The van der Waals surface area contributed by atoms with Gasteiger partial charge >= 0.3 is 5.97 Å². The number of aliphatic carboxylic acids is 1. The zero-order chi connectivity index (χ0) is 15.1. The van der Waals surface area contributed by atoms with Crippen molar-refractivity contribution in [1.29, 1.82) is 0 Å². The largest absolute Gasteiger partial charge is 0.490 e. The molecule has 1 rings (SSSR count). The predicted octanol–water partition coefficient (Wildman–Crippen LogP) is 3.50. The van der Waals surface area contributed by atoms with Crippen LogP contribution in [-0.4, -0.2) is 24.3 Å². The number of halogens is 1. The van der Waals surface area contributed by atoms with E-state index in [2.05, 4.69) is 0 Å². The molecular formula is C15H19FO4. The average molecular weight is 282 g/mol. The molecule has 0 fully saturated rings. The second-order valence-electron chi connectivity index (χ2n) is 4.13. The summed E-state index contributed by atoms with van der Waals surface area (Å²) in [4.78, 5) is 10.5. The van der Waals surface area contributed by atoms with Crippen LogP contribution in [0.15, 0.2) is 18.2 Å². The third-order valence-corrected chi connectivity index (χ3v) is 2.64. The molecule has 0 saturated carbocycles. The van der Waals surface area contributed by atoms with Crippen LogP contribution in [0.1, 0.15) is 32.8 Å². The summed E-state index contributed by atoms with van der Waals surface area (Å²) in [6.45, 7) is 6.14. The van der Waals surface area contributed by atoms with Crippen LogP contribution in [0.3, 0.4) is 0 Å². The third kappa shape index (κ3) is 4.26. The molecule has 0 aliphatic heterocycles. The third-order valence-electron chi connectivity index (χ3n) is 2.64. The SMILES string of the molecule is CCOc1cc(F)c(/C(C)=C/CC(=O)O)cc1OCC. The van der Waals surface area contributed by atoms with Gasteiger partial charge in [-0.05, 0) is 32.4 Å². The lowest BCUT2D eigenvalue weighted by Crippen LogP contribution is -2.01. The van der Waals surface area contributed by atoms with Crippen molar-refractivity contribution in [2.24, 2.45) is 0 Å². The smallest absolute Gasteiger partial charge is 0.307 e. The van der Waals surface area contributed by atoms with E-state index in [9.17, 15) is 9.18 Å². The lowest BCUT2D eigenvalue weighted by Gasteiger charge is -2.13. The van der Waals surface area contributed by atoms with E-state index in [4.69, 9.17) is 14.6 Å². The molecule has 4 nitrogen and oxygen atoms in total. The summed E-state index contributed by atoms with van der Waals surface area (Å²) >= 11 is 0. The molecule has 110 valence electrons. The minimum absolute atomic E-state index is 0.150. The minimum atomic E-state index is -0.958. The van der Waals surface area contributed by atoms with Gasteiger partial charge in [0.15, 0.2) is 11.5 Å². The van der Waals surface area contributed by atoms with Crippen LogP contribution in [0.25, 0.3) is 5.57 Å². The first-order valence-corrected chi connectivity index (χ1v) is 6.47. The van der Waals surface area contributed by atoms with E-state index in [0.29, 0.717) is 35.8 Å². The molecule has 1 aromatic rings. The second kappa shape index (κ2) is 7.53. The van der Waals surface area contributed by atoms with Gasteiger partial charge in [0.05, 0.1) is 19.6 Å². The van der Waals surface area contributed by atoms with Crippen molar-refractivity contribution in [1.82, 2.24) is 0 Å². The highest BCUT2D eigenvalue weighted by molar-refractivity contribution is 5.74. The molecule has 0 spiro atoms. The van der Waals surface area contributed by atoms with Gasteiger partial charge in [0, 0.05) is 11.6 Å². The quantitative estimate of drug-likeness (QED) is 0.831. The molecule has 1 aromatic carbocycles. The van der Waals surface area contributed by atoms with E-state index in [1.807, 2.05) is 6.92 Å². The van der Waals surface area contributed by atoms with Gasteiger partial charge in [-0.2, -0.15) is 0 Å². The lowest BCUT2D eigenvalue weighted by molar-refractivity contribution is -0.135. The Morgan fingerprint density at radius 3 is 2.30 bits per heavy atom. The maximum absolute atomic E-state index is 14.0. The van der Waals surface area contributed by atoms with Crippen molar-refractivity contribution >= 4 is 11.5 Å². The average Bonchev–Trinajstić information content (AvgIpc) is 2.39. The van der Waals surface area contributed by atoms with Crippen LogP contribution in [0.4, 0.5) is 4.39 Å². The van der Waals surface area contributed by atoms with Gasteiger partial charge < -0.3 is 14.6 Å². The van der Waals surface area contributed by atoms with E-state index in [1.165, 1.54) is 18.2 Å². The number of hydrogen-bond donors (Lipinski definition) is 1. The highest BCUT2D eigenvalue weighted by Crippen LogP contribution is 2.33. The fourth-order valence-electron chi connectivity index (χ4n) is 1.72. The summed E-state index contributed by atoms with van der Waals surface area (Å²) in [6, 6.07) is 2.81. The molecule has 5 heteroatoms. The molecular weight excluding hydrogens is 263 g/mol. The number of carbonyl (C=O) groups is 1. The van der Waals surface area contributed by atoms with Gasteiger partial charge in [-0.25, -0.2) is 4.39 Å². The van der Waals surface area contributed by atoms with Gasteiger partial charge in [-0.15, -0.1) is 0 Å². The Kier molecular flexibility index (Phi) is 6.03. The van der Waals surface area contributed by atoms with E-state index >= 15 is 0 Å². The van der Waals surface area contributed by atoms with Crippen LogP contribution < -0.4 is 9.47 Å². The molecule has 0 aliphatic rings. The number of rotatable bonds is 7. The first kappa shape index (κ1) is 16.0. The highest BCUT2D eigenvalue weighted by atomic mass is 19.1. The summed E-state index contributed by atoms with van der Waals surface area (Å²) < 4.78 is 24.8. The first-order valence-electron chi connectivity index (χ1n) is 6.47. The molecule has 0 heterocycles. The van der Waals surface area contributed by atoms with Crippen LogP contribution >= 0.6 is 0 Å². The van der Waals surface area contributed by atoms with E-state index in [1.54, 1.807) is 13.8 Å². The Morgan fingerprint density at radius 1 is 1.25 bits per heavy atom. The summed E-state index contributed by atoms with van der Waals surface area (Å²) in [7, 11) is 0. The Bertz CT molecular complexity index is 509. The molecule has 0 aliphatic carbocycles. The number of benzene rings is 1. The standard InChI is InChI=1S/C15H19FO4/c1-4-19-13-8-11(10(3)6-7-15(17)18)12(16)9-14(13)20-5-2/h6,8-9H,4-5,7H2,1-3H3,(H,17,18)/b10-6+. The number of allylic oxidation sites excluding steroid dienone is 1. The molecule has 0 unspecified atom stereocenters. The number of hydrogen-bond acceptors (Lipinski definition) is 3. The normalized spacial score (nSPS) is 11.3. The fraction of sp³-hybridized carbons (Fsp3) is 0.400. The zero-order valence-electron chi connectivity index (χ0n) is 11.9. The van der Waals surface area contributed by atoms with Crippen molar-refractivity contribution in [3.63, 3.8) is 0 Å². The maximum Gasteiger partial charge on any atom is 0.307 e. The minimum Gasteiger partial charge on any atom is -0.490 e. The van der Waals surface area contributed by atoms with Gasteiger partial charge in [0.25, 0.3) is 0 Å². The molecule has 0 aromatic heterocycles. The summed E-state index contributed by atoms with van der Waals surface area (Å²) in [6.07, 6.45) is 1.32. The monoisotopic (exact) mass is 282 g/mol. The number of carboxylic acid groups (broad SMARTS) is 1. The maximum atomic E-state index is 14.0. The zero-order valence-corrected chi connectivity index (χ0v) is 11.9. The number of carboxylic acids is 1. The fourth-order valence-corrected chi connectivity index (χ4v) is 1.72. The Balaban J connectivity index is 3.16. The summed E-state index contributed by atoms with van der Waals surface area (Å²) in [5.74, 6) is -0.618. The van der Waals surface area contributed by atoms with Crippen molar-refractivity contribution in [2.75, 3.05) is 13.2 Å². The van der Waals surface area contributed by atoms with Gasteiger partial charge in [0.2, 0.25) is 0 Å². The molecule has 20 heavy (non-hydrogen) atoms. The van der Waals surface area contributed by atoms with Crippen LogP contribution in [-0.2, 0) is 4.79 Å². The Labute approximate surface area is 117 Å². The van der Waals surface area contributed by atoms with E-state index in [0.717, 1.165) is 0 Å². The molecule has 0 amide bonds. The molecule has 0 radical (unpaired) electrons. The molecule has 1 N–H and O–H groups in total. The van der Waals surface area contributed by atoms with Gasteiger partial charge in [-0.1, -0.05) is 6.08 Å². The van der Waals surface area contributed by atoms with Gasteiger partial charge in [0.1, 0.15) is 5.82 Å². The number of ether oxygens (including phenoxy) is 2. The molecule has 0 bridgehead atoms. The van der Waals surface area contributed by atoms with Crippen LogP contribution in [0.2, 0.25) is 0 Å². The Morgan fingerprint density at radius 2 is 1.80 bits per heavy atom. The molecule has 0 atom stereocenters. The highest BCUT2D eigenvalue weighted by Gasteiger charge is 2.13. The topological polar surface area (TPSA) is 55.8 Å². The predicted molar refractivity (Wildman–Crippen MR) is 74.6 cm³/mol.